The molecule has 82 valence electrons. The predicted molar refractivity (Wildman–Crippen MR) is 56.4 cm³/mol. The Morgan fingerprint density at radius 1 is 1.38 bits per heavy atom. The molecule has 16 heavy (non-hydrogen) atoms. The highest BCUT2D eigenvalue weighted by Gasteiger charge is 2.12. The van der Waals surface area contributed by atoms with E-state index < -0.39 is 0 Å². The maximum atomic E-state index is 10.7. The number of methoxy groups -OCH3 is 1. The zero-order valence-corrected chi connectivity index (χ0v) is 8.93. The topological polar surface area (TPSA) is 65.2 Å². The summed E-state index contributed by atoms with van der Waals surface area (Å²) in [6.45, 7) is 1.91. The van der Waals surface area contributed by atoms with Crippen molar-refractivity contribution in [3.63, 3.8) is 0 Å². The molecule has 2 rings (SSSR count). The predicted octanol–water partition coefficient (Wildman–Crippen LogP) is 1.87. The lowest BCUT2D eigenvalue weighted by Crippen LogP contribution is -1.90. The van der Waals surface area contributed by atoms with E-state index in [4.69, 9.17) is 4.74 Å². The van der Waals surface area contributed by atoms with Gasteiger partial charge in [0.2, 0.25) is 0 Å². The molecule has 1 aromatic carbocycles. The van der Waals surface area contributed by atoms with Crippen molar-refractivity contribution in [2.45, 2.75) is 6.92 Å². The molecule has 0 radical (unpaired) electrons. The normalized spacial score (nSPS) is 10.1. The average molecular weight is 218 g/mol. The zero-order chi connectivity index (χ0) is 11.5. The first-order valence-corrected chi connectivity index (χ1v) is 4.69. The van der Waals surface area contributed by atoms with Crippen molar-refractivity contribution in [1.29, 1.82) is 0 Å². The Bertz CT molecular complexity index is 520. The smallest absolute Gasteiger partial charge is 0.175 e. The number of rotatable bonds is 3. The minimum absolute atomic E-state index is 0.199. The van der Waals surface area contributed by atoms with E-state index >= 15 is 0 Å². The van der Waals surface area contributed by atoms with Crippen molar-refractivity contribution in [3.05, 3.63) is 29.5 Å². The maximum Gasteiger partial charge on any atom is 0.175 e. The van der Waals surface area contributed by atoms with Gasteiger partial charge in [-0.3, -0.25) is 4.79 Å². The van der Waals surface area contributed by atoms with E-state index in [9.17, 15) is 4.79 Å². The summed E-state index contributed by atoms with van der Waals surface area (Å²) in [7, 11) is 1.61. The molecular weight excluding hydrogens is 208 g/mol. The molecule has 0 saturated carbocycles. The number of carbonyl (C=O) groups is 1. The number of ether oxygens (including phenoxy) is 1. The highest BCUT2D eigenvalue weighted by molar-refractivity contribution is 5.82. The number of hydrogen-bond donors (Lipinski definition) is 0. The fourth-order valence-electron chi connectivity index (χ4n) is 1.50. The molecule has 0 fully saturated rings. The summed E-state index contributed by atoms with van der Waals surface area (Å²) < 4.78 is 9.67. The summed E-state index contributed by atoms with van der Waals surface area (Å²) in [5, 5.41) is 7.19. The van der Waals surface area contributed by atoms with Gasteiger partial charge in [-0.15, -0.1) is 0 Å². The summed E-state index contributed by atoms with van der Waals surface area (Å²) in [4.78, 5) is 10.7. The Morgan fingerprint density at radius 2 is 2.19 bits per heavy atom. The first-order valence-electron chi connectivity index (χ1n) is 4.69. The Kier molecular flexibility index (Phi) is 2.68. The second-order valence-electron chi connectivity index (χ2n) is 3.30. The van der Waals surface area contributed by atoms with Crippen molar-refractivity contribution < 1.29 is 14.2 Å². The molecule has 0 unspecified atom stereocenters. The van der Waals surface area contributed by atoms with Gasteiger partial charge in [-0.2, -0.15) is 0 Å². The lowest BCUT2D eigenvalue weighted by atomic mass is 10.1. The van der Waals surface area contributed by atoms with Gasteiger partial charge in [0.1, 0.15) is 11.4 Å². The number of hydrogen-bond acceptors (Lipinski definition) is 5. The van der Waals surface area contributed by atoms with E-state index in [2.05, 4.69) is 14.9 Å². The molecule has 5 nitrogen and oxygen atoms in total. The molecule has 0 aliphatic heterocycles. The van der Waals surface area contributed by atoms with Crippen LogP contribution in [0.25, 0.3) is 11.3 Å². The van der Waals surface area contributed by atoms with E-state index in [1.165, 1.54) is 0 Å². The van der Waals surface area contributed by atoms with Crippen LogP contribution in [0.15, 0.2) is 22.8 Å². The van der Waals surface area contributed by atoms with Crippen LogP contribution in [0.4, 0.5) is 0 Å². The fraction of sp³-hybridized carbons (Fsp3) is 0.182. The molecule has 2 aromatic rings. The number of aromatic nitrogens is 2. The number of aryl methyl sites for hydroxylation is 1. The second kappa shape index (κ2) is 4.14. The molecule has 0 amide bonds. The van der Waals surface area contributed by atoms with Gasteiger partial charge in [-0.1, -0.05) is 0 Å². The van der Waals surface area contributed by atoms with Crippen molar-refractivity contribution in [2.24, 2.45) is 0 Å². The SMILES string of the molecule is COc1ccc(-c2nonc2C=O)cc1C. The van der Waals surface area contributed by atoms with Gasteiger partial charge in [0.25, 0.3) is 0 Å². The van der Waals surface area contributed by atoms with Gasteiger partial charge in [-0.05, 0) is 41.0 Å². The summed E-state index contributed by atoms with van der Waals surface area (Å²) >= 11 is 0. The zero-order valence-electron chi connectivity index (χ0n) is 8.93. The highest BCUT2D eigenvalue weighted by atomic mass is 16.6. The van der Waals surface area contributed by atoms with Crippen molar-refractivity contribution >= 4 is 6.29 Å². The first-order chi connectivity index (χ1) is 7.76. The molecule has 0 bridgehead atoms. The third-order valence-electron chi connectivity index (χ3n) is 2.29. The molecule has 1 aromatic heterocycles. The Morgan fingerprint density at radius 3 is 2.81 bits per heavy atom. The monoisotopic (exact) mass is 218 g/mol. The third kappa shape index (κ3) is 1.67. The standard InChI is InChI=1S/C11H10N2O3/c1-7-5-8(3-4-10(7)15-2)11-9(6-14)12-16-13-11/h3-6H,1-2H3. The van der Waals surface area contributed by atoms with Gasteiger partial charge < -0.3 is 4.74 Å². The molecule has 0 spiro atoms. The van der Waals surface area contributed by atoms with Crippen LogP contribution in [0.2, 0.25) is 0 Å². The molecule has 0 saturated heterocycles. The van der Waals surface area contributed by atoms with E-state index in [0.29, 0.717) is 12.0 Å². The molecule has 0 aliphatic carbocycles. The van der Waals surface area contributed by atoms with Gasteiger partial charge in [-0.25, -0.2) is 4.63 Å². The van der Waals surface area contributed by atoms with Crippen LogP contribution in [0.5, 0.6) is 5.75 Å². The fourth-order valence-corrected chi connectivity index (χ4v) is 1.50. The molecule has 1 heterocycles. The van der Waals surface area contributed by atoms with Crippen LogP contribution in [-0.4, -0.2) is 23.7 Å². The second-order valence-corrected chi connectivity index (χ2v) is 3.30. The first kappa shape index (κ1) is 10.4. The molecule has 0 aliphatic rings. The number of benzene rings is 1. The average Bonchev–Trinajstić information content (AvgIpc) is 2.77. The molecule has 0 N–H and O–H groups in total. The van der Waals surface area contributed by atoms with Gasteiger partial charge in [0, 0.05) is 5.56 Å². The number of nitrogens with zero attached hydrogens (tertiary/aromatic N) is 2. The number of carbonyl (C=O) groups excluding carboxylic acids is 1. The minimum atomic E-state index is 0.199. The van der Waals surface area contributed by atoms with Crippen LogP contribution in [0, 0.1) is 6.92 Å². The van der Waals surface area contributed by atoms with Gasteiger partial charge >= 0.3 is 0 Å². The summed E-state index contributed by atoms with van der Waals surface area (Å²) in [5.41, 5.74) is 2.38. The van der Waals surface area contributed by atoms with Crippen LogP contribution in [-0.2, 0) is 0 Å². The van der Waals surface area contributed by atoms with Crippen LogP contribution < -0.4 is 4.74 Å². The lowest BCUT2D eigenvalue weighted by molar-refractivity contribution is 0.111. The summed E-state index contributed by atoms with van der Waals surface area (Å²) in [5.74, 6) is 0.785. The van der Waals surface area contributed by atoms with Crippen molar-refractivity contribution in [1.82, 2.24) is 10.3 Å². The Labute approximate surface area is 92.0 Å². The quantitative estimate of drug-likeness (QED) is 0.736. The van der Waals surface area contributed by atoms with Gasteiger partial charge in [0.05, 0.1) is 7.11 Å². The summed E-state index contributed by atoms with van der Waals surface area (Å²) in [6.07, 6.45) is 0.616. The summed E-state index contributed by atoms with van der Waals surface area (Å²) in [6, 6.07) is 5.48. The number of aldehydes is 1. The van der Waals surface area contributed by atoms with E-state index in [1.807, 2.05) is 19.1 Å². The van der Waals surface area contributed by atoms with Gasteiger partial charge in [0.15, 0.2) is 12.0 Å². The Hall–Kier alpha value is -2.17. The molecule has 5 heteroatoms. The van der Waals surface area contributed by atoms with E-state index in [1.54, 1.807) is 13.2 Å². The van der Waals surface area contributed by atoms with E-state index in [0.717, 1.165) is 16.9 Å². The van der Waals surface area contributed by atoms with Crippen LogP contribution in [0.1, 0.15) is 16.1 Å². The van der Waals surface area contributed by atoms with Crippen molar-refractivity contribution in [2.75, 3.05) is 7.11 Å². The van der Waals surface area contributed by atoms with Crippen LogP contribution in [0.3, 0.4) is 0 Å². The Balaban J connectivity index is 2.49. The third-order valence-corrected chi connectivity index (χ3v) is 2.29. The van der Waals surface area contributed by atoms with Crippen molar-refractivity contribution in [3.8, 4) is 17.0 Å². The highest BCUT2D eigenvalue weighted by Crippen LogP contribution is 2.25. The molecular formula is C11H10N2O3. The maximum absolute atomic E-state index is 10.7. The molecule has 0 atom stereocenters. The minimum Gasteiger partial charge on any atom is -0.496 e. The largest absolute Gasteiger partial charge is 0.496 e. The van der Waals surface area contributed by atoms with E-state index in [-0.39, 0.29) is 5.69 Å². The van der Waals surface area contributed by atoms with Crippen LogP contribution >= 0.6 is 0 Å². The lowest BCUT2D eigenvalue weighted by Gasteiger charge is -2.05.